The molecule has 0 radical (unpaired) electrons. The number of carboxylic acid groups (broad SMARTS) is 1. The molecule has 0 saturated heterocycles. The third kappa shape index (κ3) is 6.56. The zero-order valence-electron chi connectivity index (χ0n) is 22.3. The van der Waals surface area contributed by atoms with Gasteiger partial charge in [-0.05, 0) is 62.8 Å². The third-order valence-corrected chi connectivity index (χ3v) is 7.63. The minimum Gasteiger partial charge on any atom is -0.505 e. The van der Waals surface area contributed by atoms with Gasteiger partial charge in [0.05, 0.1) is 32.5 Å². The van der Waals surface area contributed by atoms with Crippen LogP contribution in [-0.2, 0) is 4.79 Å². The number of carbonyl (C=O) groups excluding carboxylic acids is 2. The van der Waals surface area contributed by atoms with Crippen molar-refractivity contribution >= 4 is 57.7 Å². The first-order valence-corrected chi connectivity index (χ1v) is 13.8. The molecule has 1 atom stereocenters. The summed E-state index contributed by atoms with van der Waals surface area (Å²) < 4.78 is 0. The van der Waals surface area contributed by atoms with Crippen LogP contribution >= 0.6 is 23.2 Å². The van der Waals surface area contributed by atoms with E-state index in [2.05, 4.69) is 20.9 Å². The van der Waals surface area contributed by atoms with E-state index in [4.69, 9.17) is 33.3 Å². The number of aromatic hydroxyl groups is 1. The number of Topliss-reactive ketones (excluding diaryl/α,β-unsaturated/α-hetero) is 1. The fraction of sp³-hybridized carbons (Fsp3) is 0.393. The molecule has 0 aliphatic heterocycles. The Kier molecular flexibility index (Phi) is 9.00. The maximum Gasteiger partial charge on any atom is 0.405 e. The smallest absolute Gasteiger partial charge is 0.405 e. The molecule has 1 aliphatic carbocycles. The predicted molar refractivity (Wildman–Crippen MR) is 154 cm³/mol. The number of nitrogens with one attached hydrogen (secondary N) is 3. The first kappa shape index (κ1) is 29.4. The van der Waals surface area contributed by atoms with Crippen molar-refractivity contribution in [1.82, 2.24) is 20.6 Å². The van der Waals surface area contributed by atoms with Crippen LogP contribution in [0.1, 0.15) is 56.8 Å². The second-order valence-corrected chi connectivity index (χ2v) is 11.1. The lowest BCUT2D eigenvalue weighted by Gasteiger charge is -2.32. The Balaban J connectivity index is 1.55. The van der Waals surface area contributed by atoms with Crippen LogP contribution in [0.25, 0.3) is 22.3 Å². The molecule has 5 N–H and O–H groups in total. The van der Waals surface area contributed by atoms with Crippen LogP contribution in [-0.4, -0.2) is 56.1 Å². The molecule has 40 heavy (non-hydrogen) atoms. The summed E-state index contributed by atoms with van der Waals surface area (Å²) in [7, 11) is 0. The monoisotopic (exact) mass is 587 g/mol. The predicted octanol–water partition coefficient (Wildman–Crippen LogP) is 5.64. The molecule has 1 saturated carbocycles. The number of phenolic OH excluding ortho intramolecular Hbond substituents is 1. The number of amides is 2. The highest BCUT2D eigenvalue weighted by Gasteiger charge is 2.29. The standard InChI is InChI=1S/C28H31Cl2N5O5/c1-13(2)23(35-28(39)40)27(38)33-17-6-4-16(5-7-17)32-24-18(14(3)36)12-31-22-9-8-21(34-25(22)24)15-10-19(29)26(37)20(30)11-15/h8-13,16-17,23,35,37H,4-7H2,1-3H3,(H,31,32)(H,33,38)(H,39,40). The largest absolute Gasteiger partial charge is 0.505 e. The van der Waals surface area contributed by atoms with E-state index in [9.17, 15) is 19.5 Å². The van der Waals surface area contributed by atoms with Gasteiger partial charge in [0.15, 0.2) is 11.5 Å². The number of ketones is 1. The molecule has 10 nitrogen and oxygen atoms in total. The zero-order chi connectivity index (χ0) is 29.1. The van der Waals surface area contributed by atoms with Crippen molar-refractivity contribution in [2.75, 3.05) is 5.32 Å². The van der Waals surface area contributed by atoms with Crippen molar-refractivity contribution in [3.63, 3.8) is 0 Å². The molecule has 1 aliphatic rings. The first-order chi connectivity index (χ1) is 18.9. The summed E-state index contributed by atoms with van der Waals surface area (Å²) in [5.41, 5.74) is 3.24. The lowest BCUT2D eigenvalue weighted by atomic mass is 9.90. The number of hydrogen-bond donors (Lipinski definition) is 5. The Hall–Kier alpha value is -3.63. The number of phenols is 1. The number of halogens is 2. The maximum absolute atomic E-state index is 12.7. The van der Waals surface area contributed by atoms with Gasteiger partial charge in [-0.1, -0.05) is 37.0 Å². The highest BCUT2D eigenvalue weighted by Crippen LogP contribution is 2.37. The number of aromatic nitrogens is 2. The van der Waals surface area contributed by atoms with Gasteiger partial charge in [-0.25, -0.2) is 9.78 Å². The van der Waals surface area contributed by atoms with Gasteiger partial charge in [-0.15, -0.1) is 0 Å². The fourth-order valence-electron chi connectivity index (χ4n) is 4.90. The Morgan fingerprint density at radius 1 is 1.02 bits per heavy atom. The summed E-state index contributed by atoms with van der Waals surface area (Å²) >= 11 is 12.2. The molecule has 3 aromatic rings. The van der Waals surface area contributed by atoms with Gasteiger partial charge in [0.1, 0.15) is 11.6 Å². The van der Waals surface area contributed by atoms with Crippen LogP contribution < -0.4 is 16.0 Å². The van der Waals surface area contributed by atoms with Crippen molar-refractivity contribution in [3.8, 4) is 17.0 Å². The summed E-state index contributed by atoms with van der Waals surface area (Å²) in [5.74, 6) is -0.893. The lowest BCUT2D eigenvalue weighted by Crippen LogP contribution is -2.52. The van der Waals surface area contributed by atoms with E-state index < -0.39 is 12.1 Å². The lowest BCUT2D eigenvalue weighted by molar-refractivity contribution is -0.125. The first-order valence-electron chi connectivity index (χ1n) is 13.0. The van der Waals surface area contributed by atoms with E-state index in [0.29, 0.717) is 59.2 Å². The molecule has 0 spiro atoms. The van der Waals surface area contributed by atoms with E-state index in [1.807, 2.05) is 0 Å². The molecule has 2 amide bonds. The number of pyridine rings is 2. The van der Waals surface area contributed by atoms with Crippen LogP contribution in [0.4, 0.5) is 10.5 Å². The molecular formula is C28H31Cl2N5O5. The molecule has 0 bridgehead atoms. The van der Waals surface area contributed by atoms with Crippen molar-refractivity contribution in [3.05, 3.63) is 46.1 Å². The molecule has 212 valence electrons. The van der Waals surface area contributed by atoms with Crippen molar-refractivity contribution in [1.29, 1.82) is 0 Å². The van der Waals surface area contributed by atoms with E-state index in [1.165, 1.54) is 13.1 Å². The Labute approximate surface area is 241 Å². The van der Waals surface area contributed by atoms with E-state index in [0.717, 1.165) is 0 Å². The minimum absolute atomic E-state index is 0.0120. The fourth-order valence-corrected chi connectivity index (χ4v) is 5.39. The molecule has 2 aromatic heterocycles. The van der Waals surface area contributed by atoms with Crippen molar-refractivity contribution < 1.29 is 24.6 Å². The van der Waals surface area contributed by atoms with Gasteiger partial charge in [0, 0.05) is 23.8 Å². The molecule has 12 heteroatoms. The van der Waals surface area contributed by atoms with Crippen molar-refractivity contribution in [2.45, 2.75) is 64.6 Å². The quantitative estimate of drug-likeness (QED) is 0.212. The van der Waals surface area contributed by atoms with Crippen LogP contribution in [0, 0.1) is 5.92 Å². The topological polar surface area (TPSA) is 154 Å². The van der Waals surface area contributed by atoms with Gasteiger partial charge in [-0.2, -0.15) is 0 Å². The number of nitrogens with zero attached hydrogens (tertiary/aromatic N) is 2. The van der Waals surface area contributed by atoms with Gasteiger partial charge >= 0.3 is 6.09 Å². The average Bonchev–Trinajstić information content (AvgIpc) is 2.90. The Morgan fingerprint density at radius 2 is 1.65 bits per heavy atom. The van der Waals surface area contributed by atoms with Crippen LogP contribution in [0.15, 0.2) is 30.5 Å². The average molecular weight is 588 g/mol. The second-order valence-electron chi connectivity index (χ2n) is 10.3. The zero-order valence-corrected chi connectivity index (χ0v) is 23.8. The Morgan fingerprint density at radius 3 is 2.23 bits per heavy atom. The summed E-state index contributed by atoms with van der Waals surface area (Å²) in [4.78, 5) is 45.5. The number of hydrogen-bond acceptors (Lipinski definition) is 7. The summed E-state index contributed by atoms with van der Waals surface area (Å²) in [6.45, 7) is 5.05. The van der Waals surface area contributed by atoms with Crippen LogP contribution in [0.5, 0.6) is 5.75 Å². The second kappa shape index (κ2) is 12.3. The highest BCUT2D eigenvalue weighted by atomic mass is 35.5. The van der Waals surface area contributed by atoms with E-state index in [-0.39, 0.29) is 45.5 Å². The molecule has 2 heterocycles. The van der Waals surface area contributed by atoms with Gasteiger partial charge in [0.25, 0.3) is 0 Å². The van der Waals surface area contributed by atoms with Gasteiger partial charge in [-0.3, -0.25) is 14.6 Å². The summed E-state index contributed by atoms with van der Waals surface area (Å²) in [5, 5.41) is 28.0. The van der Waals surface area contributed by atoms with Gasteiger partial charge in [0.2, 0.25) is 5.91 Å². The van der Waals surface area contributed by atoms with E-state index >= 15 is 0 Å². The highest BCUT2D eigenvalue weighted by molar-refractivity contribution is 6.37. The number of fused-ring (bicyclic) bond motifs is 1. The number of rotatable bonds is 8. The number of anilines is 1. The normalized spacial score (nSPS) is 17.9. The summed E-state index contributed by atoms with van der Waals surface area (Å²) in [6.07, 6.45) is 3.10. The van der Waals surface area contributed by atoms with Crippen LogP contribution in [0.3, 0.4) is 0 Å². The summed E-state index contributed by atoms with van der Waals surface area (Å²) in [6, 6.07) is 5.80. The molecule has 1 aromatic carbocycles. The molecule has 1 fully saturated rings. The minimum atomic E-state index is -1.24. The number of benzene rings is 1. The molecule has 4 rings (SSSR count). The van der Waals surface area contributed by atoms with Crippen LogP contribution in [0.2, 0.25) is 10.0 Å². The van der Waals surface area contributed by atoms with Gasteiger partial charge < -0.3 is 26.2 Å². The third-order valence-electron chi connectivity index (χ3n) is 7.05. The number of carbonyl (C=O) groups is 3. The van der Waals surface area contributed by atoms with Crippen molar-refractivity contribution in [2.24, 2.45) is 5.92 Å². The molecular weight excluding hydrogens is 557 g/mol. The Bertz CT molecular complexity index is 1430. The molecule has 1 unspecified atom stereocenters. The SMILES string of the molecule is CC(=O)c1cnc2ccc(-c3cc(Cl)c(O)c(Cl)c3)nc2c1NC1CCC(NC(=O)C(NC(=O)O)C(C)C)CC1. The van der Waals surface area contributed by atoms with E-state index in [1.54, 1.807) is 38.1 Å². The maximum atomic E-state index is 12.7.